The Bertz CT molecular complexity index is 999. The van der Waals surface area contributed by atoms with E-state index in [1.54, 1.807) is 15.9 Å². The van der Waals surface area contributed by atoms with Crippen molar-refractivity contribution in [1.82, 2.24) is 14.7 Å². The van der Waals surface area contributed by atoms with E-state index in [0.29, 0.717) is 58.5 Å². The number of nitrogens with zero attached hydrogens (tertiary/aromatic N) is 3. The minimum absolute atomic E-state index is 0.113. The Labute approximate surface area is 251 Å². The van der Waals surface area contributed by atoms with E-state index in [0.717, 1.165) is 25.9 Å². The third-order valence-electron chi connectivity index (χ3n) is 9.92. The molecule has 0 saturated carbocycles. The van der Waals surface area contributed by atoms with E-state index in [9.17, 15) is 19.5 Å². The molecule has 1 N–H and O–H groups in total. The lowest BCUT2D eigenvalue weighted by molar-refractivity contribution is -0.164. The van der Waals surface area contributed by atoms with E-state index < -0.39 is 41.1 Å². The van der Waals surface area contributed by atoms with Crippen LogP contribution in [0.1, 0.15) is 59.3 Å². The topological polar surface area (TPSA) is 109 Å². The second-order valence-corrected chi connectivity index (χ2v) is 12.6. The number of likely N-dealkylation sites (tertiary alicyclic amines) is 1. The molecule has 2 bridgehead atoms. The monoisotopic (exact) mass is 589 g/mol. The maximum absolute atomic E-state index is 14.6. The summed E-state index contributed by atoms with van der Waals surface area (Å²) in [5, 5.41) is 10.5. The van der Waals surface area contributed by atoms with Crippen LogP contribution >= 0.6 is 0 Å². The molecule has 4 fully saturated rings. The molecule has 4 saturated heterocycles. The molecule has 6 atom stereocenters. The van der Waals surface area contributed by atoms with Gasteiger partial charge in [0.2, 0.25) is 11.8 Å². The number of rotatable bonds is 16. The summed E-state index contributed by atoms with van der Waals surface area (Å²) in [7, 11) is 0. The Balaban J connectivity index is 1.67. The van der Waals surface area contributed by atoms with Crippen molar-refractivity contribution in [3.05, 3.63) is 25.3 Å². The van der Waals surface area contributed by atoms with Gasteiger partial charge in [-0.05, 0) is 44.4 Å². The normalized spacial score (nSPS) is 31.3. The van der Waals surface area contributed by atoms with Gasteiger partial charge in [-0.3, -0.25) is 19.3 Å². The van der Waals surface area contributed by atoms with Crippen LogP contribution in [0.4, 0.5) is 0 Å². The van der Waals surface area contributed by atoms with Crippen LogP contribution in [0.25, 0.3) is 0 Å². The largest absolute Gasteiger partial charge is 0.465 e. The fraction of sp³-hybridized carbons (Fsp3) is 0.781. The van der Waals surface area contributed by atoms with Crippen molar-refractivity contribution >= 4 is 17.8 Å². The van der Waals surface area contributed by atoms with Gasteiger partial charge in [-0.15, -0.1) is 13.2 Å². The number of morpholine rings is 1. The van der Waals surface area contributed by atoms with Gasteiger partial charge >= 0.3 is 5.97 Å². The maximum Gasteiger partial charge on any atom is 0.312 e. The third kappa shape index (κ3) is 5.92. The van der Waals surface area contributed by atoms with Gasteiger partial charge in [-0.1, -0.05) is 32.9 Å². The van der Waals surface area contributed by atoms with Crippen molar-refractivity contribution in [2.24, 2.45) is 17.8 Å². The van der Waals surface area contributed by atoms with Gasteiger partial charge in [0.1, 0.15) is 17.6 Å². The Kier molecular flexibility index (Phi) is 10.9. The van der Waals surface area contributed by atoms with Crippen molar-refractivity contribution in [3.8, 4) is 0 Å². The van der Waals surface area contributed by atoms with Crippen LogP contribution in [-0.4, -0.2) is 120 Å². The van der Waals surface area contributed by atoms with E-state index >= 15 is 0 Å². The summed E-state index contributed by atoms with van der Waals surface area (Å²) in [5.74, 6) is -2.68. The Hall–Kier alpha value is -2.27. The number of carbonyl (C=O) groups excluding carboxylic acids is 3. The van der Waals surface area contributed by atoms with Crippen molar-refractivity contribution in [3.63, 3.8) is 0 Å². The highest BCUT2D eigenvalue weighted by molar-refractivity contribution is 5.98. The van der Waals surface area contributed by atoms with Crippen LogP contribution in [0, 0.1) is 17.8 Å². The SMILES string of the molecule is C=CCCCCOC(=O)[C@@H]1[C@H]2C(=O)N([C@@H](CO)C(C)C)C(C(=O)N(CC=C)CCN3CCOCC3)C23CC[C@@]1(CC)O3. The Morgan fingerprint density at radius 3 is 2.55 bits per heavy atom. The number of esters is 1. The minimum Gasteiger partial charge on any atom is -0.465 e. The number of fused-ring (bicyclic) bond motifs is 1. The molecule has 0 aliphatic carbocycles. The van der Waals surface area contributed by atoms with Crippen molar-refractivity contribution in [1.29, 1.82) is 0 Å². The quantitative estimate of drug-likeness (QED) is 0.166. The lowest BCUT2D eigenvalue weighted by Crippen LogP contribution is -2.60. The molecule has 4 aliphatic rings. The maximum atomic E-state index is 14.6. The summed E-state index contributed by atoms with van der Waals surface area (Å²) in [6, 6.07) is -1.54. The molecule has 236 valence electrons. The number of aliphatic hydroxyl groups is 1. The summed E-state index contributed by atoms with van der Waals surface area (Å²) in [4.78, 5) is 48.4. The highest BCUT2D eigenvalue weighted by Crippen LogP contribution is 2.65. The number of aliphatic hydroxyl groups excluding tert-OH is 1. The van der Waals surface area contributed by atoms with Gasteiger partial charge in [0, 0.05) is 32.7 Å². The van der Waals surface area contributed by atoms with Crippen LogP contribution in [0.15, 0.2) is 25.3 Å². The molecule has 0 radical (unpaired) electrons. The predicted octanol–water partition coefficient (Wildman–Crippen LogP) is 2.40. The molecule has 10 nitrogen and oxygen atoms in total. The lowest BCUT2D eigenvalue weighted by atomic mass is 9.65. The summed E-state index contributed by atoms with van der Waals surface area (Å²) >= 11 is 0. The summed E-state index contributed by atoms with van der Waals surface area (Å²) in [5.41, 5.74) is -2.01. The molecule has 0 aromatic rings. The molecule has 0 aromatic heterocycles. The molecule has 2 unspecified atom stereocenters. The van der Waals surface area contributed by atoms with E-state index in [1.165, 1.54) is 0 Å². The Morgan fingerprint density at radius 1 is 1.19 bits per heavy atom. The first-order valence-corrected chi connectivity index (χ1v) is 15.8. The summed E-state index contributed by atoms with van der Waals surface area (Å²) < 4.78 is 18.1. The average molecular weight is 590 g/mol. The molecule has 0 aromatic carbocycles. The standard InChI is InChI=1S/C32H51N3O7/c1-6-9-10-11-19-41-30(39)26-25-28(37)35(24(22-36)23(4)5)27(32(25)13-12-31(26,8-3)42-32)29(38)34(14-7-2)16-15-33-17-20-40-21-18-33/h6-7,23-27,36H,1-2,8-22H2,3-5H3/t24-,25-,26-,27?,31+,32?/m0/s1. The first kappa shape index (κ1) is 32.6. The van der Waals surface area contributed by atoms with Gasteiger partial charge in [-0.25, -0.2) is 0 Å². The Morgan fingerprint density at radius 2 is 1.93 bits per heavy atom. The molecule has 1 spiro atoms. The third-order valence-corrected chi connectivity index (χ3v) is 9.92. The van der Waals surface area contributed by atoms with Crippen LogP contribution in [0.3, 0.4) is 0 Å². The highest BCUT2D eigenvalue weighted by atomic mass is 16.6. The van der Waals surface area contributed by atoms with Crippen molar-refractivity contribution in [2.45, 2.75) is 82.6 Å². The highest BCUT2D eigenvalue weighted by Gasteiger charge is 2.79. The van der Waals surface area contributed by atoms with Crippen LogP contribution in [0.2, 0.25) is 0 Å². The van der Waals surface area contributed by atoms with E-state index in [2.05, 4.69) is 18.1 Å². The van der Waals surface area contributed by atoms with Crippen molar-refractivity contribution in [2.75, 3.05) is 59.2 Å². The zero-order valence-corrected chi connectivity index (χ0v) is 25.8. The van der Waals surface area contributed by atoms with Crippen LogP contribution in [0.5, 0.6) is 0 Å². The van der Waals surface area contributed by atoms with Gasteiger partial charge in [0.05, 0.1) is 44.0 Å². The van der Waals surface area contributed by atoms with Gasteiger partial charge in [0.15, 0.2) is 0 Å². The molecule has 4 aliphatic heterocycles. The second kappa shape index (κ2) is 14.0. The zero-order valence-electron chi connectivity index (χ0n) is 25.8. The molecule has 2 amide bonds. The fourth-order valence-corrected chi connectivity index (χ4v) is 7.63. The summed E-state index contributed by atoms with van der Waals surface area (Å²) in [6.07, 6.45) is 7.56. The number of hydrogen-bond acceptors (Lipinski definition) is 8. The van der Waals surface area contributed by atoms with Crippen LogP contribution < -0.4 is 0 Å². The fourth-order valence-electron chi connectivity index (χ4n) is 7.63. The van der Waals surface area contributed by atoms with Crippen molar-refractivity contribution < 1.29 is 33.7 Å². The van der Waals surface area contributed by atoms with Gasteiger partial charge < -0.3 is 29.1 Å². The molecule has 4 heterocycles. The van der Waals surface area contributed by atoms with Crippen LogP contribution in [-0.2, 0) is 28.6 Å². The smallest absolute Gasteiger partial charge is 0.312 e. The molecule has 10 heteroatoms. The predicted molar refractivity (Wildman–Crippen MR) is 158 cm³/mol. The molecule has 4 rings (SSSR count). The van der Waals surface area contributed by atoms with E-state index in [4.69, 9.17) is 14.2 Å². The summed E-state index contributed by atoms with van der Waals surface area (Å²) in [6.45, 7) is 17.8. The molecular weight excluding hydrogens is 538 g/mol. The number of carbonyl (C=O) groups is 3. The number of hydrogen-bond donors (Lipinski definition) is 1. The number of unbranched alkanes of at least 4 members (excludes halogenated alkanes) is 2. The van der Waals surface area contributed by atoms with Gasteiger partial charge in [-0.2, -0.15) is 0 Å². The zero-order chi connectivity index (χ0) is 30.5. The van der Waals surface area contributed by atoms with E-state index in [1.807, 2.05) is 26.8 Å². The minimum atomic E-state index is -1.16. The molecule has 42 heavy (non-hydrogen) atoms. The first-order chi connectivity index (χ1) is 20.2. The first-order valence-electron chi connectivity index (χ1n) is 15.8. The lowest BCUT2D eigenvalue weighted by Gasteiger charge is -2.41. The second-order valence-electron chi connectivity index (χ2n) is 12.6. The number of ether oxygens (including phenoxy) is 3. The number of allylic oxidation sites excluding steroid dienone is 1. The average Bonchev–Trinajstić information content (AvgIpc) is 3.59. The van der Waals surface area contributed by atoms with Gasteiger partial charge in [0.25, 0.3) is 0 Å². The number of amides is 2. The molecular formula is C32H51N3O7. The van der Waals surface area contributed by atoms with E-state index in [-0.39, 0.29) is 30.9 Å².